The number of pyridine rings is 1. The van der Waals surface area contributed by atoms with Gasteiger partial charge >= 0.3 is 0 Å². The zero-order chi connectivity index (χ0) is 19.1. The van der Waals surface area contributed by atoms with Crippen molar-refractivity contribution in [3.63, 3.8) is 0 Å². The third-order valence-corrected chi connectivity index (χ3v) is 6.55. The summed E-state index contributed by atoms with van der Waals surface area (Å²) < 4.78 is 7.81. The van der Waals surface area contributed by atoms with Gasteiger partial charge in [0.1, 0.15) is 11.4 Å². The molecule has 28 heavy (non-hydrogen) atoms. The van der Waals surface area contributed by atoms with Gasteiger partial charge < -0.3 is 9.30 Å². The molecular weight excluding hydrogens is 346 g/mol. The largest absolute Gasteiger partial charge is 0.497 e. The molecule has 2 aliphatic rings. The molecule has 0 saturated carbocycles. The van der Waals surface area contributed by atoms with E-state index in [0.29, 0.717) is 6.04 Å². The SMILES string of the molecule is COc1ccc(CCn2c3c(c4cc(C)cnc42)C2CCCCN2CC3)cc1. The van der Waals surface area contributed by atoms with Gasteiger partial charge in [0, 0.05) is 42.8 Å². The zero-order valence-electron chi connectivity index (χ0n) is 16.9. The molecule has 146 valence electrons. The Bertz CT molecular complexity index is 989. The Labute approximate surface area is 167 Å². The molecule has 0 N–H and O–H groups in total. The van der Waals surface area contributed by atoms with Gasteiger partial charge in [-0.2, -0.15) is 0 Å². The van der Waals surface area contributed by atoms with Crippen LogP contribution in [0, 0.1) is 6.92 Å². The van der Waals surface area contributed by atoms with Gasteiger partial charge in [0.05, 0.1) is 7.11 Å². The van der Waals surface area contributed by atoms with Gasteiger partial charge in [-0.25, -0.2) is 4.98 Å². The maximum atomic E-state index is 5.29. The fourth-order valence-electron chi connectivity index (χ4n) is 5.15. The van der Waals surface area contributed by atoms with Crippen LogP contribution in [0.4, 0.5) is 0 Å². The highest BCUT2D eigenvalue weighted by Crippen LogP contribution is 2.42. The Morgan fingerprint density at radius 2 is 2.00 bits per heavy atom. The summed E-state index contributed by atoms with van der Waals surface area (Å²) in [5, 5.41) is 1.39. The lowest BCUT2D eigenvalue weighted by molar-refractivity contribution is 0.138. The summed E-state index contributed by atoms with van der Waals surface area (Å²) in [6, 6.07) is 11.4. The molecule has 1 unspecified atom stereocenters. The Morgan fingerprint density at radius 3 is 2.82 bits per heavy atom. The van der Waals surface area contributed by atoms with Gasteiger partial charge in [-0.05, 0) is 67.6 Å². The monoisotopic (exact) mass is 375 g/mol. The van der Waals surface area contributed by atoms with E-state index in [2.05, 4.69) is 46.7 Å². The molecule has 5 rings (SSSR count). The van der Waals surface area contributed by atoms with Crippen molar-refractivity contribution < 1.29 is 4.74 Å². The molecule has 1 aromatic carbocycles. The Kier molecular flexibility index (Phi) is 4.59. The lowest BCUT2D eigenvalue weighted by Crippen LogP contribution is -2.39. The second kappa shape index (κ2) is 7.25. The summed E-state index contributed by atoms with van der Waals surface area (Å²) in [5.41, 5.74) is 6.89. The quantitative estimate of drug-likeness (QED) is 0.663. The first-order valence-corrected chi connectivity index (χ1v) is 10.6. The number of piperidine rings is 1. The van der Waals surface area contributed by atoms with Crippen LogP contribution < -0.4 is 4.74 Å². The summed E-state index contributed by atoms with van der Waals surface area (Å²) >= 11 is 0. The van der Waals surface area contributed by atoms with Crippen LogP contribution in [0.25, 0.3) is 11.0 Å². The van der Waals surface area contributed by atoms with E-state index in [0.717, 1.165) is 25.1 Å². The highest BCUT2D eigenvalue weighted by molar-refractivity contribution is 5.84. The van der Waals surface area contributed by atoms with Gasteiger partial charge in [0.25, 0.3) is 0 Å². The molecule has 2 aromatic heterocycles. The summed E-state index contributed by atoms with van der Waals surface area (Å²) in [5.74, 6) is 0.919. The Balaban J connectivity index is 1.53. The molecular formula is C24H29N3O. The average Bonchev–Trinajstić information content (AvgIpc) is 3.05. The van der Waals surface area contributed by atoms with E-state index in [1.54, 1.807) is 12.7 Å². The lowest BCUT2D eigenvalue weighted by Gasteiger charge is -2.39. The third-order valence-electron chi connectivity index (χ3n) is 6.55. The number of hydrogen-bond donors (Lipinski definition) is 0. The Hall–Kier alpha value is -2.33. The summed E-state index contributed by atoms with van der Waals surface area (Å²) in [6.07, 6.45) is 8.17. The fourth-order valence-corrected chi connectivity index (χ4v) is 5.15. The minimum atomic E-state index is 0.589. The number of aromatic nitrogens is 2. The van der Waals surface area contributed by atoms with E-state index in [-0.39, 0.29) is 0 Å². The van der Waals surface area contributed by atoms with Crippen LogP contribution in [0.2, 0.25) is 0 Å². The van der Waals surface area contributed by atoms with E-state index in [1.165, 1.54) is 60.2 Å². The predicted octanol–water partition coefficient (Wildman–Crippen LogP) is 4.68. The number of methoxy groups -OCH3 is 1. The summed E-state index contributed by atoms with van der Waals surface area (Å²) in [7, 11) is 1.72. The number of aryl methyl sites for hydroxylation is 3. The standard InChI is InChI=1S/C24H29N3O/c1-17-15-20-23-21-5-3-4-12-26(21)13-11-22(23)27(24(20)25-16-17)14-10-18-6-8-19(28-2)9-7-18/h6-9,15-16,21H,3-5,10-14H2,1-2H3. The molecule has 0 radical (unpaired) electrons. The topological polar surface area (TPSA) is 30.3 Å². The van der Waals surface area contributed by atoms with Crippen LogP contribution in [0.5, 0.6) is 5.75 Å². The molecule has 2 aliphatic heterocycles. The third kappa shape index (κ3) is 3.00. The number of ether oxygens (including phenoxy) is 1. The second-order valence-electron chi connectivity index (χ2n) is 8.29. The van der Waals surface area contributed by atoms with Gasteiger partial charge in [-0.3, -0.25) is 4.90 Å². The maximum Gasteiger partial charge on any atom is 0.140 e. The van der Waals surface area contributed by atoms with E-state index in [9.17, 15) is 0 Å². The van der Waals surface area contributed by atoms with Gasteiger partial charge in [-0.15, -0.1) is 0 Å². The summed E-state index contributed by atoms with van der Waals surface area (Å²) in [4.78, 5) is 7.60. The predicted molar refractivity (Wildman–Crippen MR) is 113 cm³/mol. The van der Waals surface area contributed by atoms with Crippen molar-refractivity contribution in [2.45, 2.75) is 51.6 Å². The van der Waals surface area contributed by atoms with Crippen molar-refractivity contribution in [2.75, 3.05) is 20.2 Å². The maximum absolute atomic E-state index is 5.29. The number of hydrogen-bond acceptors (Lipinski definition) is 3. The van der Waals surface area contributed by atoms with Crippen molar-refractivity contribution in [1.29, 1.82) is 0 Å². The minimum Gasteiger partial charge on any atom is -0.497 e. The average molecular weight is 376 g/mol. The number of fused-ring (bicyclic) bond motifs is 5. The van der Waals surface area contributed by atoms with Crippen LogP contribution >= 0.6 is 0 Å². The van der Waals surface area contributed by atoms with Crippen molar-refractivity contribution in [1.82, 2.24) is 14.5 Å². The van der Waals surface area contributed by atoms with Crippen molar-refractivity contribution in [3.8, 4) is 5.75 Å². The van der Waals surface area contributed by atoms with E-state index >= 15 is 0 Å². The molecule has 0 aliphatic carbocycles. The first kappa shape index (κ1) is 17.7. The van der Waals surface area contributed by atoms with Gasteiger partial charge in [0.2, 0.25) is 0 Å². The highest BCUT2D eigenvalue weighted by Gasteiger charge is 2.34. The minimum absolute atomic E-state index is 0.589. The van der Waals surface area contributed by atoms with Gasteiger partial charge in [-0.1, -0.05) is 18.6 Å². The molecule has 1 fully saturated rings. The normalized spacial score (nSPS) is 19.4. The van der Waals surface area contributed by atoms with Crippen molar-refractivity contribution in [2.24, 2.45) is 0 Å². The number of rotatable bonds is 4. The molecule has 4 heteroatoms. The fraction of sp³-hybridized carbons (Fsp3) is 0.458. The first-order valence-electron chi connectivity index (χ1n) is 10.6. The second-order valence-corrected chi connectivity index (χ2v) is 8.29. The van der Waals surface area contributed by atoms with Crippen LogP contribution in [-0.2, 0) is 19.4 Å². The van der Waals surface area contributed by atoms with Crippen LogP contribution in [0.3, 0.4) is 0 Å². The van der Waals surface area contributed by atoms with E-state index < -0.39 is 0 Å². The van der Waals surface area contributed by atoms with Crippen LogP contribution in [-0.4, -0.2) is 34.7 Å². The Morgan fingerprint density at radius 1 is 1.14 bits per heavy atom. The molecule has 0 spiro atoms. The molecule has 4 heterocycles. The molecule has 0 amide bonds. The molecule has 1 saturated heterocycles. The van der Waals surface area contributed by atoms with E-state index in [1.807, 2.05) is 6.20 Å². The smallest absolute Gasteiger partial charge is 0.140 e. The number of nitrogens with zero attached hydrogens (tertiary/aromatic N) is 3. The van der Waals surface area contributed by atoms with Crippen LogP contribution in [0.1, 0.15) is 47.7 Å². The molecule has 1 atom stereocenters. The molecule has 0 bridgehead atoms. The molecule has 3 aromatic rings. The molecule has 4 nitrogen and oxygen atoms in total. The van der Waals surface area contributed by atoms with Crippen molar-refractivity contribution >= 4 is 11.0 Å². The van der Waals surface area contributed by atoms with Gasteiger partial charge in [0.15, 0.2) is 0 Å². The number of benzene rings is 1. The van der Waals surface area contributed by atoms with Crippen LogP contribution in [0.15, 0.2) is 36.5 Å². The highest BCUT2D eigenvalue weighted by atomic mass is 16.5. The van der Waals surface area contributed by atoms with E-state index in [4.69, 9.17) is 9.72 Å². The lowest BCUT2D eigenvalue weighted by atomic mass is 9.89. The summed E-state index contributed by atoms with van der Waals surface area (Å²) in [6.45, 7) is 5.59. The van der Waals surface area contributed by atoms with Crippen molar-refractivity contribution in [3.05, 3.63) is 58.9 Å². The first-order chi connectivity index (χ1) is 13.7. The zero-order valence-corrected chi connectivity index (χ0v) is 16.9.